The lowest BCUT2D eigenvalue weighted by Gasteiger charge is -2.28. The SMILES string of the molecule is COc1ccccc1-c1nn(-c2ccccc2)cc1C(=O)NC1CCNC(C)C1. The molecular weight excluding hydrogens is 364 g/mol. The van der Waals surface area contributed by atoms with Crippen molar-refractivity contribution in [2.24, 2.45) is 0 Å². The van der Waals surface area contributed by atoms with Gasteiger partial charge in [-0.3, -0.25) is 4.79 Å². The summed E-state index contributed by atoms with van der Waals surface area (Å²) in [6.45, 7) is 3.06. The summed E-state index contributed by atoms with van der Waals surface area (Å²) in [5.41, 5.74) is 2.86. The largest absolute Gasteiger partial charge is 0.496 e. The molecule has 1 saturated heterocycles. The summed E-state index contributed by atoms with van der Waals surface area (Å²) in [6, 6.07) is 18.0. The van der Waals surface area contributed by atoms with E-state index in [2.05, 4.69) is 17.6 Å². The van der Waals surface area contributed by atoms with Crippen molar-refractivity contribution < 1.29 is 9.53 Å². The van der Waals surface area contributed by atoms with E-state index in [1.54, 1.807) is 18.0 Å². The maximum absolute atomic E-state index is 13.2. The third-order valence-electron chi connectivity index (χ3n) is 5.30. The third kappa shape index (κ3) is 4.17. The van der Waals surface area contributed by atoms with Gasteiger partial charge in [0.05, 0.1) is 18.4 Å². The van der Waals surface area contributed by atoms with Crippen LogP contribution in [0.25, 0.3) is 16.9 Å². The van der Waals surface area contributed by atoms with E-state index in [-0.39, 0.29) is 11.9 Å². The number of para-hydroxylation sites is 2. The average molecular weight is 390 g/mol. The highest BCUT2D eigenvalue weighted by atomic mass is 16.5. The summed E-state index contributed by atoms with van der Waals surface area (Å²) in [7, 11) is 1.63. The van der Waals surface area contributed by atoms with Gasteiger partial charge in [0.2, 0.25) is 0 Å². The van der Waals surface area contributed by atoms with E-state index < -0.39 is 0 Å². The molecule has 2 unspecified atom stereocenters. The van der Waals surface area contributed by atoms with E-state index in [9.17, 15) is 4.79 Å². The molecule has 1 aliphatic heterocycles. The highest BCUT2D eigenvalue weighted by Crippen LogP contribution is 2.32. The van der Waals surface area contributed by atoms with Crippen molar-refractivity contribution in [2.45, 2.75) is 31.8 Å². The van der Waals surface area contributed by atoms with Crippen LogP contribution in [0.5, 0.6) is 5.75 Å². The average Bonchev–Trinajstić information content (AvgIpc) is 3.20. The van der Waals surface area contributed by atoms with Crippen LogP contribution in [0.15, 0.2) is 60.8 Å². The standard InChI is InChI=1S/C23H26N4O2/c1-16-14-17(12-13-24-16)25-23(28)20-15-27(18-8-4-3-5-9-18)26-22(20)19-10-6-7-11-21(19)29-2/h3-11,15-17,24H,12-14H2,1-2H3,(H,25,28). The Morgan fingerprint density at radius 1 is 1.17 bits per heavy atom. The predicted octanol–water partition coefficient (Wildman–Crippen LogP) is 3.42. The molecule has 0 radical (unpaired) electrons. The first-order valence-corrected chi connectivity index (χ1v) is 9.98. The van der Waals surface area contributed by atoms with E-state index in [0.717, 1.165) is 30.6 Å². The number of hydrogen-bond donors (Lipinski definition) is 2. The van der Waals surface area contributed by atoms with Crippen LogP contribution in [0.2, 0.25) is 0 Å². The van der Waals surface area contributed by atoms with Gasteiger partial charge in [0.15, 0.2) is 0 Å². The normalized spacial score (nSPS) is 19.0. The number of rotatable bonds is 5. The van der Waals surface area contributed by atoms with Crippen LogP contribution in [0, 0.1) is 0 Å². The topological polar surface area (TPSA) is 68.2 Å². The van der Waals surface area contributed by atoms with Crippen LogP contribution in [-0.2, 0) is 0 Å². The number of benzene rings is 2. The van der Waals surface area contributed by atoms with Gasteiger partial charge in [0, 0.05) is 23.8 Å². The summed E-state index contributed by atoms with van der Waals surface area (Å²) in [5, 5.41) is 11.4. The Morgan fingerprint density at radius 2 is 1.93 bits per heavy atom. The van der Waals surface area contributed by atoms with Gasteiger partial charge in [-0.05, 0) is 50.6 Å². The Balaban J connectivity index is 1.73. The van der Waals surface area contributed by atoms with Crippen molar-refractivity contribution in [2.75, 3.05) is 13.7 Å². The highest BCUT2D eigenvalue weighted by molar-refractivity contribution is 6.00. The van der Waals surface area contributed by atoms with Crippen molar-refractivity contribution in [1.82, 2.24) is 20.4 Å². The molecular formula is C23H26N4O2. The molecule has 2 N–H and O–H groups in total. The molecule has 0 aliphatic carbocycles. The molecule has 29 heavy (non-hydrogen) atoms. The smallest absolute Gasteiger partial charge is 0.255 e. The molecule has 150 valence electrons. The summed E-state index contributed by atoms with van der Waals surface area (Å²) in [6.07, 6.45) is 3.65. The molecule has 6 nitrogen and oxygen atoms in total. The monoisotopic (exact) mass is 390 g/mol. The highest BCUT2D eigenvalue weighted by Gasteiger charge is 2.25. The van der Waals surface area contributed by atoms with Crippen molar-refractivity contribution >= 4 is 5.91 Å². The third-order valence-corrected chi connectivity index (χ3v) is 5.30. The molecule has 1 aromatic heterocycles. The van der Waals surface area contributed by atoms with Gasteiger partial charge in [-0.2, -0.15) is 5.10 Å². The molecule has 0 saturated carbocycles. The Bertz CT molecular complexity index is 984. The van der Waals surface area contributed by atoms with Crippen LogP contribution in [-0.4, -0.2) is 41.4 Å². The Hall–Kier alpha value is -3.12. The molecule has 4 rings (SSSR count). The first-order valence-electron chi connectivity index (χ1n) is 9.98. The van der Waals surface area contributed by atoms with Crippen LogP contribution >= 0.6 is 0 Å². The lowest BCUT2D eigenvalue weighted by molar-refractivity contribution is 0.0926. The Morgan fingerprint density at radius 3 is 2.69 bits per heavy atom. The van der Waals surface area contributed by atoms with Crippen molar-refractivity contribution in [3.8, 4) is 22.7 Å². The number of hydrogen-bond acceptors (Lipinski definition) is 4. The molecule has 3 aromatic rings. The zero-order valence-corrected chi connectivity index (χ0v) is 16.8. The Kier molecular flexibility index (Phi) is 5.62. The lowest BCUT2D eigenvalue weighted by atomic mass is 10.00. The van der Waals surface area contributed by atoms with Gasteiger partial charge < -0.3 is 15.4 Å². The maximum Gasteiger partial charge on any atom is 0.255 e. The minimum atomic E-state index is -0.104. The minimum absolute atomic E-state index is 0.104. The van der Waals surface area contributed by atoms with Crippen molar-refractivity contribution in [3.05, 3.63) is 66.4 Å². The van der Waals surface area contributed by atoms with E-state index in [4.69, 9.17) is 9.84 Å². The van der Waals surface area contributed by atoms with E-state index in [1.807, 2.05) is 54.6 Å². The second kappa shape index (κ2) is 8.49. The molecule has 1 fully saturated rings. The van der Waals surface area contributed by atoms with Crippen molar-refractivity contribution in [1.29, 1.82) is 0 Å². The van der Waals surface area contributed by atoms with Crippen LogP contribution in [0.3, 0.4) is 0 Å². The van der Waals surface area contributed by atoms with Gasteiger partial charge >= 0.3 is 0 Å². The van der Waals surface area contributed by atoms with Crippen molar-refractivity contribution in [3.63, 3.8) is 0 Å². The number of ether oxygens (including phenoxy) is 1. The van der Waals surface area contributed by atoms with Gasteiger partial charge in [-0.25, -0.2) is 4.68 Å². The lowest BCUT2D eigenvalue weighted by Crippen LogP contribution is -2.46. The molecule has 2 aromatic carbocycles. The minimum Gasteiger partial charge on any atom is -0.496 e. The molecule has 2 heterocycles. The summed E-state index contributed by atoms with van der Waals surface area (Å²) in [4.78, 5) is 13.2. The number of methoxy groups -OCH3 is 1. The van der Waals surface area contributed by atoms with E-state index >= 15 is 0 Å². The molecule has 0 spiro atoms. The first kappa shape index (κ1) is 19.2. The number of piperidine rings is 1. The van der Waals surface area contributed by atoms with E-state index in [0.29, 0.717) is 23.0 Å². The molecule has 1 aliphatic rings. The van der Waals surface area contributed by atoms with E-state index in [1.165, 1.54) is 0 Å². The number of amides is 1. The maximum atomic E-state index is 13.2. The quantitative estimate of drug-likeness (QED) is 0.701. The van der Waals surface area contributed by atoms with Crippen LogP contribution < -0.4 is 15.4 Å². The number of carbonyl (C=O) groups is 1. The second-order valence-electron chi connectivity index (χ2n) is 7.42. The van der Waals surface area contributed by atoms with Gasteiger partial charge in [-0.1, -0.05) is 30.3 Å². The molecule has 1 amide bonds. The van der Waals surface area contributed by atoms with Gasteiger partial charge in [0.25, 0.3) is 5.91 Å². The van der Waals surface area contributed by atoms with Gasteiger partial charge in [0.1, 0.15) is 11.4 Å². The fourth-order valence-electron chi connectivity index (χ4n) is 3.82. The fraction of sp³-hybridized carbons (Fsp3) is 0.304. The zero-order chi connectivity index (χ0) is 20.2. The van der Waals surface area contributed by atoms with Gasteiger partial charge in [-0.15, -0.1) is 0 Å². The number of aromatic nitrogens is 2. The first-order chi connectivity index (χ1) is 14.2. The van der Waals surface area contributed by atoms with Crippen LogP contribution in [0.4, 0.5) is 0 Å². The summed E-state index contributed by atoms with van der Waals surface area (Å²) >= 11 is 0. The number of nitrogens with one attached hydrogen (secondary N) is 2. The molecule has 2 atom stereocenters. The fourth-order valence-corrected chi connectivity index (χ4v) is 3.82. The predicted molar refractivity (Wildman–Crippen MR) is 114 cm³/mol. The zero-order valence-electron chi connectivity index (χ0n) is 16.8. The summed E-state index contributed by atoms with van der Waals surface area (Å²) in [5.74, 6) is 0.586. The second-order valence-corrected chi connectivity index (χ2v) is 7.42. The molecule has 6 heteroatoms. The summed E-state index contributed by atoms with van der Waals surface area (Å²) < 4.78 is 7.28. The van der Waals surface area contributed by atoms with Crippen LogP contribution in [0.1, 0.15) is 30.1 Å². The number of nitrogens with zero attached hydrogens (tertiary/aromatic N) is 2. The Labute approximate surface area is 170 Å². The number of carbonyl (C=O) groups excluding carboxylic acids is 1. The molecule has 0 bridgehead atoms.